The molecule has 0 nitrogen and oxygen atoms in total. The molecule has 6 heteroatoms. The summed E-state index contributed by atoms with van der Waals surface area (Å²) in [7, 11) is 0.256. The van der Waals surface area contributed by atoms with Gasteiger partial charge in [0, 0.05) is 0 Å². The van der Waals surface area contributed by atoms with E-state index in [9.17, 15) is 0 Å². The summed E-state index contributed by atoms with van der Waals surface area (Å²) in [5.74, 6) is 0. The van der Waals surface area contributed by atoms with Crippen molar-refractivity contribution in [3.63, 3.8) is 0 Å². The number of hydrogen-bond donors (Lipinski definition) is 0. The summed E-state index contributed by atoms with van der Waals surface area (Å²) in [4.78, 5) is 0. The smallest absolute Gasteiger partial charge is 1.00 e. The Balaban J connectivity index is 0.000000260. The Bertz CT molecular complexity index is 1020. The minimum atomic E-state index is 0. The predicted octanol–water partition coefficient (Wildman–Crippen LogP) is 10.2. The number of benzene rings is 2. The largest absolute Gasteiger partial charge is 1.00 e. The van der Waals surface area contributed by atoms with Gasteiger partial charge in [0.25, 0.3) is 0 Å². The molecule has 4 fully saturated rings. The summed E-state index contributed by atoms with van der Waals surface area (Å²) in [5.41, 5.74) is 7.92. The van der Waals surface area contributed by atoms with Crippen molar-refractivity contribution in [2.45, 2.75) is 203 Å². The molecular weight excluding hydrogens is 885 g/mol. The molecule has 4 saturated heterocycles. The standard InChI is InChI=1S/2C22H36P2.Au.ClH/c2*1-5-17-13-14-18(6-2)23(17)21-11-9-10-12-22(21)24-19(7-3)15-16-20(24)8-4;;/h2*9-12,17-20H,5-8,13-16H2,1-4H3;;1H/q;;+1;/p-1. The molecule has 0 saturated carbocycles. The van der Waals surface area contributed by atoms with E-state index in [0.717, 1.165) is 45.3 Å². The first-order valence-electron chi connectivity index (χ1n) is 20.8. The third-order valence-corrected chi connectivity index (χ3v) is 28.5. The van der Waals surface area contributed by atoms with Crippen LogP contribution in [0, 0.1) is 0 Å². The van der Waals surface area contributed by atoms with Crippen LogP contribution in [0.3, 0.4) is 0 Å². The van der Waals surface area contributed by atoms with Crippen LogP contribution in [-0.2, 0) is 22.4 Å². The van der Waals surface area contributed by atoms with Crippen LogP contribution in [-0.4, -0.2) is 45.3 Å². The summed E-state index contributed by atoms with van der Waals surface area (Å²) in [6.07, 6.45) is 23.0. The predicted molar refractivity (Wildman–Crippen MR) is 229 cm³/mol. The van der Waals surface area contributed by atoms with Crippen molar-refractivity contribution in [3.05, 3.63) is 48.5 Å². The zero-order chi connectivity index (χ0) is 34.2. The SMILES string of the molecule is CCC1CCC(CC)P1c1ccccc1P1C(CC)CCC1CC.CCC1CCC(CC)P1c1ccccc1P1C(CC)CCC1CC.[Au+].[Cl-]. The molecule has 8 unspecified atom stereocenters. The third kappa shape index (κ3) is 9.94. The summed E-state index contributed by atoms with van der Waals surface area (Å²) in [6, 6.07) is 19.6. The summed E-state index contributed by atoms with van der Waals surface area (Å²) in [5, 5.41) is 7.37. The van der Waals surface area contributed by atoms with E-state index in [1.54, 1.807) is 0 Å². The topological polar surface area (TPSA) is 0 Å². The summed E-state index contributed by atoms with van der Waals surface area (Å²) < 4.78 is 0. The molecule has 286 valence electrons. The Hall–Kier alpha value is 1.19. The molecule has 6 rings (SSSR count). The van der Waals surface area contributed by atoms with Gasteiger partial charge < -0.3 is 12.4 Å². The van der Waals surface area contributed by atoms with Gasteiger partial charge in [-0.3, -0.25) is 0 Å². The fourth-order valence-corrected chi connectivity index (χ4v) is 26.3. The zero-order valence-corrected chi connectivity index (χ0v) is 39.5. The van der Waals surface area contributed by atoms with E-state index in [-0.39, 0.29) is 66.5 Å². The van der Waals surface area contributed by atoms with Crippen molar-refractivity contribution in [2.24, 2.45) is 0 Å². The average molecular weight is 957 g/mol. The monoisotopic (exact) mass is 956 g/mol. The number of hydrogen-bond acceptors (Lipinski definition) is 0. The van der Waals surface area contributed by atoms with Crippen LogP contribution in [0.4, 0.5) is 0 Å². The molecule has 4 aliphatic heterocycles. The molecule has 0 N–H and O–H groups in total. The van der Waals surface area contributed by atoms with E-state index < -0.39 is 0 Å². The van der Waals surface area contributed by atoms with Crippen molar-refractivity contribution in [2.75, 3.05) is 0 Å². The summed E-state index contributed by atoms with van der Waals surface area (Å²) in [6.45, 7) is 19.5. The van der Waals surface area contributed by atoms with Crippen molar-refractivity contribution in [3.8, 4) is 0 Å². The molecule has 0 bridgehead atoms. The maximum atomic E-state index is 2.55. The fraction of sp³-hybridized carbons (Fsp3) is 0.727. The average Bonchev–Trinajstić information content (AvgIpc) is 3.94. The number of rotatable bonds is 12. The first-order chi connectivity index (χ1) is 23.5. The Kier molecular flexibility index (Phi) is 20.7. The first-order valence-corrected chi connectivity index (χ1v) is 26.7. The van der Waals surface area contributed by atoms with Gasteiger partial charge in [-0.05, 0) is 169 Å². The van der Waals surface area contributed by atoms with Gasteiger partial charge in [0.05, 0.1) is 0 Å². The van der Waals surface area contributed by atoms with Crippen LogP contribution in [0.1, 0.15) is 158 Å². The summed E-state index contributed by atoms with van der Waals surface area (Å²) >= 11 is 0. The first kappa shape index (κ1) is 45.6. The van der Waals surface area contributed by atoms with Crippen LogP contribution < -0.4 is 33.6 Å². The van der Waals surface area contributed by atoms with E-state index in [1.165, 1.54) is 103 Å². The quantitative estimate of drug-likeness (QED) is 0.147. The van der Waals surface area contributed by atoms with Gasteiger partial charge in [0.1, 0.15) is 0 Å². The molecule has 0 aromatic heterocycles. The second kappa shape index (κ2) is 22.7. The molecule has 50 heavy (non-hydrogen) atoms. The minimum Gasteiger partial charge on any atom is -1.00 e. The maximum absolute atomic E-state index is 2.55. The van der Waals surface area contributed by atoms with Crippen molar-refractivity contribution < 1.29 is 34.8 Å². The fourth-order valence-electron chi connectivity index (χ4n) is 10.4. The van der Waals surface area contributed by atoms with E-state index in [4.69, 9.17) is 0 Å². The van der Waals surface area contributed by atoms with Gasteiger partial charge in [0.15, 0.2) is 0 Å². The van der Waals surface area contributed by atoms with Crippen LogP contribution >= 0.6 is 31.7 Å². The molecule has 0 radical (unpaired) electrons. The van der Waals surface area contributed by atoms with Crippen molar-refractivity contribution >= 4 is 52.9 Å². The second-order valence-corrected chi connectivity index (χ2v) is 26.4. The van der Waals surface area contributed by atoms with Crippen molar-refractivity contribution in [1.29, 1.82) is 0 Å². The van der Waals surface area contributed by atoms with Crippen LogP contribution in [0.25, 0.3) is 0 Å². The molecule has 8 atom stereocenters. The Morgan fingerprint density at radius 1 is 0.340 bits per heavy atom. The van der Waals surface area contributed by atoms with E-state index in [0.29, 0.717) is 0 Å². The van der Waals surface area contributed by atoms with E-state index in [1.807, 2.05) is 21.2 Å². The molecular formula is C44H72AuClP4. The van der Waals surface area contributed by atoms with Gasteiger partial charge in [-0.1, -0.05) is 136 Å². The Morgan fingerprint density at radius 2 is 0.480 bits per heavy atom. The molecule has 0 spiro atoms. The normalized spacial score (nSPS) is 34.9. The van der Waals surface area contributed by atoms with Gasteiger partial charge >= 0.3 is 22.4 Å². The molecule has 2 aromatic rings. The molecule has 2 aromatic carbocycles. The second-order valence-electron chi connectivity index (χ2n) is 15.4. The molecule has 0 aliphatic carbocycles. The molecule has 4 aliphatic rings. The van der Waals surface area contributed by atoms with Crippen molar-refractivity contribution in [1.82, 2.24) is 0 Å². The zero-order valence-electron chi connectivity index (χ0n) is 33.0. The Labute approximate surface area is 337 Å². The molecule has 0 amide bonds. The van der Waals surface area contributed by atoms with E-state index in [2.05, 4.69) is 104 Å². The van der Waals surface area contributed by atoms with Crippen LogP contribution in [0.2, 0.25) is 0 Å². The molecule has 4 heterocycles. The number of halogens is 1. The maximum Gasteiger partial charge on any atom is 1.00 e. The van der Waals surface area contributed by atoms with Gasteiger partial charge in [0.2, 0.25) is 0 Å². The van der Waals surface area contributed by atoms with Gasteiger partial charge in [-0.25, -0.2) is 0 Å². The minimum absolute atomic E-state index is 0. The van der Waals surface area contributed by atoms with Gasteiger partial charge in [-0.15, -0.1) is 0 Å². The third-order valence-electron chi connectivity index (χ3n) is 13.1. The Morgan fingerprint density at radius 3 is 0.600 bits per heavy atom. The van der Waals surface area contributed by atoms with Crippen LogP contribution in [0.5, 0.6) is 0 Å². The van der Waals surface area contributed by atoms with Crippen LogP contribution in [0.15, 0.2) is 48.5 Å². The van der Waals surface area contributed by atoms with E-state index >= 15 is 0 Å². The van der Waals surface area contributed by atoms with Gasteiger partial charge in [-0.2, -0.15) is 0 Å².